The fraction of sp³-hybridized carbons (Fsp3) is 0.0909. The molecule has 2 rings (SSSR count). The third-order valence-corrected chi connectivity index (χ3v) is 2.67. The third-order valence-electron chi connectivity index (χ3n) is 2.14. The van der Waals surface area contributed by atoms with Crippen LogP contribution < -0.4 is 0 Å². The molecule has 0 spiro atoms. The highest BCUT2D eigenvalue weighted by Gasteiger charge is 2.34. The second kappa shape index (κ2) is 4.44. The summed E-state index contributed by atoms with van der Waals surface area (Å²) in [5, 5.41) is 7.06. The van der Waals surface area contributed by atoms with E-state index in [2.05, 4.69) is 26.1 Å². The average molecular weight is 303 g/mol. The van der Waals surface area contributed by atoms with Crippen LogP contribution in [0.15, 0.2) is 41.0 Å². The highest BCUT2D eigenvalue weighted by molar-refractivity contribution is 9.10. The topological polar surface area (TPSA) is 25.8 Å². The van der Waals surface area contributed by atoms with E-state index < -0.39 is 11.7 Å². The smallest absolute Gasteiger partial charge is 0.166 e. The molecule has 0 bridgehead atoms. The van der Waals surface area contributed by atoms with Crippen molar-refractivity contribution >= 4 is 15.9 Å². The molecule has 0 unspecified atom stereocenters. The summed E-state index contributed by atoms with van der Waals surface area (Å²) < 4.78 is 39.0. The van der Waals surface area contributed by atoms with Crippen molar-refractivity contribution in [2.75, 3.05) is 0 Å². The molecule has 1 aromatic heterocycles. The predicted octanol–water partition coefficient (Wildman–Crippen LogP) is 3.92. The molecule has 2 nitrogen and oxygen atoms in total. The number of rotatable bonds is 1. The Morgan fingerprint density at radius 3 is 2.24 bits per heavy atom. The van der Waals surface area contributed by atoms with E-state index in [4.69, 9.17) is 0 Å². The molecule has 0 aliphatic heterocycles. The van der Waals surface area contributed by atoms with Gasteiger partial charge >= 0.3 is 6.18 Å². The van der Waals surface area contributed by atoms with Crippen molar-refractivity contribution in [2.24, 2.45) is 0 Å². The minimum Gasteiger partial charge on any atom is -0.166 e. The van der Waals surface area contributed by atoms with Gasteiger partial charge in [-0.05, 0) is 18.2 Å². The van der Waals surface area contributed by atoms with Gasteiger partial charge in [0.2, 0.25) is 0 Å². The Labute approximate surface area is 104 Å². The molecule has 2 aromatic rings. The zero-order valence-electron chi connectivity index (χ0n) is 8.37. The first kappa shape index (κ1) is 12.0. The average Bonchev–Trinajstić information content (AvgIpc) is 2.29. The van der Waals surface area contributed by atoms with E-state index in [0.717, 1.165) is 16.7 Å². The van der Waals surface area contributed by atoms with Gasteiger partial charge in [-0.1, -0.05) is 28.1 Å². The molecule has 0 N–H and O–H groups in total. The fourth-order valence-corrected chi connectivity index (χ4v) is 1.65. The predicted molar refractivity (Wildman–Crippen MR) is 60.2 cm³/mol. The Morgan fingerprint density at radius 1 is 1.00 bits per heavy atom. The van der Waals surface area contributed by atoms with Crippen molar-refractivity contribution < 1.29 is 13.2 Å². The minimum absolute atomic E-state index is 0.160. The summed E-state index contributed by atoms with van der Waals surface area (Å²) in [6.45, 7) is 0. The molecule has 17 heavy (non-hydrogen) atoms. The van der Waals surface area contributed by atoms with Gasteiger partial charge < -0.3 is 0 Å². The summed E-state index contributed by atoms with van der Waals surface area (Å²) in [4.78, 5) is 0. The normalized spacial score (nSPS) is 11.5. The van der Waals surface area contributed by atoms with Crippen LogP contribution in [0, 0.1) is 0 Å². The maximum atomic E-state index is 12.7. The largest absolute Gasteiger partial charge is 0.418 e. The van der Waals surface area contributed by atoms with Gasteiger partial charge in [0.1, 0.15) is 5.69 Å². The van der Waals surface area contributed by atoms with E-state index in [1.807, 2.05) is 0 Å². The van der Waals surface area contributed by atoms with Crippen LogP contribution in [0.2, 0.25) is 0 Å². The zero-order valence-corrected chi connectivity index (χ0v) is 9.96. The van der Waals surface area contributed by atoms with E-state index in [9.17, 15) is 13.2 Å². The number of halogens is 4. The molecule has 0 atom stereocenters. The molecular weight excluding hydrogens is 297 g/mol. The molecule has 1 heterocycles. The summed E-state index contributed by atoms with van der Waals surface area (Å²) >= 11 is 3.22. The SMILES string of the molecule is FC(F)(F)c1ccnnc1-c1ccc(Br)cc1. The summed E-state index contributed by atoms with van der Waals surface area (Å²) in [5.41, 5.74) is -0.559. The summed E-state index contributed by atoms with van der Waals surface area (Å²) in [6, 6.07) is 7.35. The van der Waals surface area contributed by atoms with Gasteiger partial charge in [0.15, 0.2) is 0 Å². The fourth-order valence-electron chi connectivity index (χ4n) is 1.38. The lowest BCUT2D eigenvalue weighted by Gasteiger charge is -2.10. The number of aromatic nitrogens is 2. The number of hydrogen-bond acceptors (Lipinski definition) is 2. The Kier molecular flexibility index (Phi) is 3.15. The van der Waals surface area contributed by atoms with Gasteiger partial charge in [0.25, 0.3) is 0 Å². The lowest BCUT2D eigenvalue weighted by Crippen LogP contribution is -2.09. The van der Waals surface area contributed by atoms with Crippen LogP contribution in [0.1, 0.15) is 5.56 Å². The summed E-state index contributed by atoms with van der Waals surface area (Å²) in [7, 11) is 0. The van der Waals surface area contributed by atoms with Gasteiger partial charge in [0, 0.05) is 10.0 Å². The highest BCUT2D eigenvalue weighted by atomic mass is 79.9. The van der Waals surface area contributed by atoms with Crippen molar-refractivity contribution in [1.29, 1.82) is 0 Å². The first-order valence-electron chi connectivity index (χ1n) is 4.63. The second-order valence-electron chi connectivity index (χ2n) is 3.30. The third kappa shape index (κ3) is 2.63. The van der Waals surface area contributed by atoms with Crippen LogP contribution in [-0.2, 0) is 6.18 Å². The standard InChI is InChI=1S/C11H6BrF3N2/c12-8-3-1-7(2-4-8)10-9(11(13,14)15)5-6-16-17-10/h1-6H. The Morgan fingerprint density at radius 2 is 1.65 bits per heavy atom. The molecule has 0 amide bonds. The number of hydrogen-bond donors (Lipinski definition) is 0. The summed E-state index contributed by atoms with van der Waals surface area (Å²) in [5.74, 6) is 0. The quantitative estimate of drug-likeness (QED) is 0.798. The molecular formula is C11H6BrF3N2. The Balaban J connectivity index is 2.56. The number of benzene rings is 1. The van der Waals surface area contributed by atoms with Crippen LogP contribution >= 0.6 is 15.9 Å². The Bertz CT molecular complexity index is 523. The van der Waals surface area contributed by atoms with Crippen LogP contribution in [0.4, 0.5) is 13.2 Å². The molecule has 0 saturated heterocycles. The lowest BCUT2D eigenvalue weighted by atomic mass is 10.1. The summed E-state index contributed by atoms with van der Waals surface area (Å²) in [6.07, 6.45) is -3.40. The van der Waals surface area contributed by atoms with E-state index in [0.29, 0.717) is 5.56 Å². The van der Waals surface area contributed by atoms with Crippen molar-refractivity contribution in [3.8, 4) is 11.3 Å². The van der Waals surface area contributed by atoms with Crippen molar-refractivity contribution in [1.82, 2.24) is 10.2 Å². The molecule has 0 saturated carbocycles. The van der Waals surface area contributed by atoms with Crippen LogP contribution in [-0.4, -0.2) is 10.2 Å². The maximum Gasteiger partial charge on any atom is 0.418 e. The van der Waals surface area contributed by atoms with Crippen molar-refractivity contribution in [3.63, 3.8) is 0 Å². The van der Waals surface area contributed by atoms with E-state index >= 15 is 0 Å². The van der Waals surface area contributed by atoms with Gasteiger partial charge in [-0.3, -0.25) is 0 Å². The second-order valence-corrected chi connectivity index (χ2v) is 4.21. The number of alkyl halides is 3. The maximum absolute atomic E-state index is 12.7. The molecule has 0 aliphatic rings. The van der Waals surface area contributed by atoms with Gasteiger partial charge in [-0.25, -0.2) is 0 Å². The van der Waals surface area contributed by atoms with Crippen LogP contribution in [0.25, 0.3) is 11.3 Å². The van der Waals surface area contributed by atoms with Crippen LogP contribution in [0.5, 0.6) is 0 Å². The number of nitrogens with zero attached hydrogens (tertiary/aromatic N) is 2. The lowest BCUT2D eigenvalue weighted by molar-refractivity contribution is -0.137. The van der Waals surface area contributed by atoms with E-state index in [-0.39, 0.29) is 5.69 Å². The zero-order chi connectivity index (χ0) is 12.5. The highest BCUT2D eigenvalue weighted by Crippen LogP contribution is 2.35. The van der Waals surface area contributed by atoms with E-state index in [1.54, 1.807) is 24.3 Å². The monoisotopic (exact) mass is 302 g/mol. The molecule has 6 heteroatoms. The van der Waals surface area contributed by atoms with Gasteiger partial charge in [-0.15, -0.1) is 5.10 Å². The first-order valence-corrected chi connectivity index (χ1v) is 5.42. The van der Waals surface area contributed by atoms with Gasteiger partial charge in [0.05, 0.1) is 11.8 Å². The molecule has 1 aromatic carbocycles. The van der Waals surface area contributed by atoms with Crippen molar-refractivity contribution in [3.05, 3.63) is 46.6 Å². The van der Waals surface area contributed by atoms with Crippen molar-refractivity contribution in [2.45, 2.75) is 6.18 Å². The first-order chi connectivity index (χ1) is 7.98. The molecule has 0 radical (unpaired) electrons. The minimum atomic E-state index is -4.43. The van der Waals surface area contributed by atoms with Gasteiger partial charge in [-0.2, -0.15) is 18.3 Å². The van der Waals surface area contributed by atoms with Crippen LogP contribution in [0.3, 0.4) is 0 Å². The Hall–Kier alpha value is -1.43. The molecule has 0 fully saturated rings. The molecule has 88 valence electrons. The van der Waals surface area contributed by atoms with E-state index in [1.165, 1.54) is 0 Å². The molecule has 0 aliphatic carbocycles.